The van der Waals surface area contributed by atoms with Crippen LogP contribution in [0.5, 0.6) is 0 Å². The third-order valence-corrected chi connectivity index (χ3v) is 3.88. The van der Waals surface area contributed by atoms with Gasteiger partial charge >= 0.3 is 6.03 Å². The number of pyridine rings is 1. The summed E-state index contributed by atoms with van der Waals surface area (Å²) in [5, 5.41) is 15.0. The van der Waals surface area contributed by atoms with E-state index < -0.39 is 0 Å². The number of amides is 2. The smallest absolute Gasteiger partial charge is 0.315 e. The van der Waals surface area contributed by atoms with Crippen molar-refractivity contribution in [3.63, 3.8) is 0 Å². The topological polar surface area (TPSA) is 74.2 Å². The number of carbonyl (C=O) groups is 1. The van der Waals surface area contributed by atoms with Crippen LogP contribution in [0.25, 0.3) is 0 Å². The van der Waals surface area contributed by atoms with E-state index >= 15 is 0 Å². The van der Waals surface area contributed by atoms with Crippen LogP contribution in [0.1, 0.15) is 30.5 Å². The Hall–Kier alpha value is -2.40. The molecule has 1 heterocycles. The molecule has 0 aliphatic carbocycles. The fourth-order valence-corrected chi connectivity index (χ4v) is 2.33. The van der Waals surface area contributed by atoms with Crippen molar-refractivity contribution in [2.75, 3.05) is 6.54 Å². The first-order chi connectivity index (χ1) is 11.0. The van der Waals surface area contributed by atoms with E-state index in [1.807, 2.05) is 36.4 Å². The molecule has 0 radical (unpaired) electrons. The van der Waals surface area contributed by atoms with Crippen molar-refractivity contribution in [1.82, 2.24) is 15.6 Å². The highest BCUT2D eigenvalue weighted by molar-refractivity contribution is 5.74. The highest BCUT2D eigenvalue weighted by atomic mass is 16.3. The molecule has 0 aliphatic rings. The molecule has 23 heavy (non-hydrogen) atoms. The number of aromatic nitrogens is 1. The Labute approximate surface area is 136 Å². The van der Waals surface area contributed by atoms with Crippen LogP contribution in [0.15, 0.2) is 48.8 Å². The average Bonchev–Trinajstić information content (AvgIpc) is 2.59. The van der Waals surface area contributed by atoms with Crippen LogP contribution in [0, 0.1) is 0 Å². The molecule has 122 valence electrons. The monoisotopic (exact) mass is 313 g/mol. The second-order valence-electron chi connectivity index (χ2n) is 6.08. The summed E-state index contributed by atoms with van der Waals surface area (Å²) in [5.74, 6) is 0. The molecule has 5 nitrogen and oxygen atoms in total. The number of nitrogens with one attached hydrogen (secondary N) is 2. The van der Waals surface area contributed by atoms with Gasteiger partial charge in [0.05, 0.1) is 6.61 Å². The highest BCUT2D eigenvalue weighted by Crippen LogP contribution is 2.21. The standard InChI is InChI=1S/C18H23N3O2/c1-18(2,16-7-9-19-10-8-16)13-21-17(23)20-11-14-5-3-4-6-15(14)12-22/h3-10,22H,11-13H2,1-2H3,(H2,20,21,23). The van der Waals surface area contributed by atoms with E-state index in [1.54, 1.807) is 12.4 Å². The van der Waals surface area contributed by atoms with Crippen LogP contribution in [-0.2, 0) is 18.6 Å². The lowest BCUT2D eigenvalue weighted by Gasteiger charge is -2.25. The molecule has 1 aromatic carbocycles. The first kappa shape index (κ1) is 17.0. The fraction of sp³-hybridized carbons (Fsp3) is 0.333. The van der Waals surface area contributed by atoms with Gasteiger partial charge < -0.3 is 15.7 Å². The molecular formula is C18H23N3O2. The molecule has 0 atom stereocenters. The van der Waals surface area contributed by atoms with Crippen LogP contribution in [0.3, 0.4) is 0 Å². The molecule has 3 N–H and O–H groups in total. The van der Waals surface area contributed by atoms with Gasteiger partial charge in [-0.15, -0.1) is 0 Å². The first-order valence-electron chi connectivity index (χ1n) is 7.63. The Morgan fingerprint density at radius 3 is 2.39 bits per heavy atom. The second-order valence-corrected chi connectivity index (χ2v) is 6.08. The minimum atomic E-state index is -0.222. The summed E-state index contributed by atoms with van der Waals surface area (Å²) in [6.07, 6.45) is 3.51. The van der Waals surface area contributed by atoms with E-state index in [1.165, 1.54) is 0 Å². The van der Waals surface area contributed by atoms with Gasteiger partial charge in [-0.25, -0.2) is 4.79 Å². The van der Waals surface area contributed by atoms with E-state index in [0.717, 1.165) is 16.7 Å². The molecule has 0 aliphatic heterocycles. The van der Waals surface area contributed by atoms with Gasteiger partial charge in [-0.05, 0) is 28.8 Å². The lowest BCUT2D eigenvalue weighted by Crippen LogP contribution is -2.42. The molecule has 0 unspecified atom stereocenters. The number of carbonyl (C=O) groups excluding carboxylic acids is 1. The van der Waals surface area contributed by atoms with Crippen molar-refractivity contribution in [3.05, 3.63) is 65.5 Å². The van der Waals surface area contributed by atoms with Gasteiger partial charge in [-0.2, -0.15) is 0 Å². The van der Waals surface area contributed by atoms with E-state index in [2.05, 4.69) is 29.5 Å². The predicted octanol–water partition coefficient (Wildman–Crippen LogP) is 2.35. The van der Waals surface area contributed by atoms with E-state index in [0.29, 0.717) is 13.1 Å². The van der Waals surface area contributed by atoms with Gasteiger partial charge in [-0.1, -0.05) is 38.1 Å². The molecule has 0 saturated heterocycles. The lowest BCUT2D eigenvalue weighted by molar-refractivity contribution is 0.237. The maximum absolute atomic E-state index is 12.0. The Morgan fingerprint density at radius 2 is 1.74 bits per heavy atom. The maximum atomic E-state index is 12.0. The Kier molecular flexibility index (Phi) is 5.71. The van der Waals surface area contributed by atoms with Gasteiger partial charge in [0.15, 0.2) is 0 Å². The third kappa shape index (κ3) is 4.79. The summed E-state index contributed by atoms with van der Waals surface area (Å²) in [7, 11) is 0. The highest BCUT2D eigenvalue weighted by Gasteiger charge is 2.21. The second kappa shape index (κ2) is 7.74. The SMILES string of the molecule is CC(C)(CNC(=O)NCc1ccccc1CO)c1ccncc1. The Balaban J connectivity index is 1.86. The number of benzene rings is 1. The van der Waals surface area contributed by atoms with Gasteiger partial charge in [-0.3, -0.25) is 4.98 Å². The maximum Gasteiger partial charge on any atom is 0.315 e. The quantitative estimate of drug-likeness (QED) is 0.766. The van der Waals surface area contributed by atoms with Crippen molar-refractivity contribution >= 4 is 6.03 Å². The Bertz CT molecular complexity index is 642. The van der Waals surface area contributed by atoms with Gasteiger partial charge in [0.1, 0.15) is 0 Å². The van der Waals surface area contributed by atoms with Crippen LogP contribution in [0.2, 0.25) is 0 Å². The van der Waals surface area contributed by atoms with Gasteiger partial charge in [0, 0.05) is 30.9 Å². The van der Waals surface area contributed by atoms with Gasteiger partial charge in [0.25, 0.3) is 0 Å². The number of urea groups is 1. The number of aliphatic hydroxyl groups is 1. The lowest BCUT2D eigenvalue weighted by atomic mass is 9.85. The van der Waals surface area contributed by atoms with Crippen molar-refractivity contribution in [1.29, 1.82) is 0 Å². The molecule has 2 aromatic rings. The summed E-state index contributed by atoms with van der Waals surface area (Å²) >= 11 is 0. The number of hydrogen-bond donors (Lipinski definition) is 3. The van der Waals surface area contributed by atoms with Crippen molar-refractivity contribution in [3.8, 4) is 0 Å². The zero-order valence-electron chi connectivity index (χ0n) is 13.5. The molecule has 0 fully saturated rings. The number of nitrogens with zero attached hydrogens (tertiary/aromatic N) is 1. The van der Waals surface area contributed by atoms with Crippen molar-refractivity contribution in [2.45, 2.75) is 32.4 Å². The first-order valence-corrected chi connectivity index (χ1v) is 7.63. The zero-order chi connectivity index (χ0) is 16.7. The molecule has 2 rings (SSSR count). The molecule has 5 heteroatoms. The number of rotatable bonds is 6. The van der Waals surface area contributed by atoms with Gasteiger partial charge in [0.2, 0.25) is 0 Å². The van der Waals surface area contributed by atoms with Crippen molar-refractivity contribution < 1.29 is 9.90 Å². The van der Waals surface area contributed by atoms with Crippen LogP contribution >= 0.6 is 0 Å². The molecule has 0 spiro atoms. The minimum absolute atomic E-state index is 0.0332. The molecule has 0 saturated carbocycles. The van der Waals surface area contributed by atoms with Crippen LogP contribution < -0.4 is 10.6 Å². The molecular weight excluding hydrogens is 290 g/mol. The minimum Gasteiger partial charge on any atom is -0.392 e. The fourth-order valence-electron chi connectivity index (χ4n) is 2.33. The number of hydrogen-bond acceptors (Lipinski definition) is 3. The zero-order valence-corrected chi connectivity index (χ0v) is 13.5. The van der Waals surface area contributed by atoms with E-state index in [-0.39, 0.29) is 18.1 Å². The number of aliphatic hydroxyl groups excluding tert-OH is 1. The summed E-state index contributed by atoms with van der Waals surface area (Å²) in [6, 6.07) is 11.2. The van der Waals surface area contributed by atoms with Crippen LogP contribution in [0.4, 0.5) is 4.79 Å². The summed E-state index contributed by atoms with van der Waals surface area (Å²) < 4.78 is 0. The Morgan fingerprint density at radius 1 is 1.09 bits per heavy atom. The van der Waals surface area contributed by atoms with E-state index in [4.69, 9.17) is 0 Å². The molecule has 1 aromatic heterocycles. The summed E-state index contributed by atoms with van der Waals surface area (Å²) in [6.45, 7) is 5.02. The molecule has 0 bridgehead atoms. The average molecular weight is 313 g/mol. The largest absolute Gasteiger partial charge is 0.392 e. The summed E-state index contributed by atoms with van der Waals surface area (Å²) in [4.78, 5) is 16.0. The summed E-state index contributed by atoms with van der Waals surface area (Å²) in [5.41, 5.74) is 2.69. The normalized spacial score (nSPS) is 11.1. The van der Waals surface area contributed by atoms with Crippen LogP contribution in [-0.4, -0.2) is 22.7 Å². The van der Waals surface area contributed by atoms with E-state index in [9.17, 15) is 9.90 Å². The van der Waals surface area contributed by atoms with Crippen molar-refractivity contribution in [2.24, 2.45) is 0 Å². The molecule has 2 amide bonds. The predicted molar refractivity (Wildman–Crippen MR) is 89.9 cm³/mol. The third-order valence-electron chi connectivity index (χ3n) is 3.88.